The van der Waals surface area contributed by atoms with E-state index in [1.807, 2.05) is 20.8 Å². The second kappa shape index (κ2) is 6.77. The maximum atomic E-state index is 12.1. The fourth-order valence-corrected chi connectivity index (χ4v) is 2.92. The summed E-state index contributed by atoms with van der Waals surface area (Å²) in [6.45, 7) is 6.26. The SMILES string of the molecule is COCc1nsc(NC(=O)CC(C)c2c(C)n[nH]c2C)n1. The number of ether oxygens (including phenoxy) is 1. The quantitative estimate of drug-likeness (QED) is 0.853. The Labute approximate surface area is 127 Å². The third-order valence-corrected chi connectivity index (χ3v) is 3.83. The number of carbonyl (C=O) groups is 1. The predicted octanol–water partition coefficient (Wildman–Crippen LogP) is 2.16. The molecule has 2 aromatic rings. The molecular weight excluding hydrogens is 290 g/mol. The number of anilines is 1. The Morgan fingerprint density at radius 1 is 1.48 bits per heavy atom. The topological polar surface area (TPSA) is 92.8 Å². The maximum absolute atomic E-state index is 12.1. The van der Waals surface area contributed by atoms with Gasteiger partial charge in [-0.1, -0.05) is 6.92 Å². The molecule has 2 N–H and O–H groups in total. The van der Waals surface area contributed by atoms with Crippen molar-refractivity contribution in [3.05, 3.63) is 22.8 Å². The summed E-state index contributed by atoms with van der Waals surface area (Å²) in [5.74, 6) is 0.588. The molecule has 1 amide bonds. The van der Waals surface area contributed by atoms with E-state index in [-0.39, 0.29) is 11.8 Å². The summed E-state index contributed by atoms with van der Waals surface area (Å²) in [5, 5.41) is 10.4. The highest BCUT2D eigenvalue weighted by molar-refractivity contribution is 7.09. The predicted molar refractivity (Wildman–Crippen MR) is 80.3 cm³/mol. The number of methoxy groups -OCH3 is 1. The molecule has 2 aromatic heterocycles. The largest absolute Gasteiger partial charge is 0.377 e. The summed E-state index contributed by atoms with van der Waals surface area (Å²) >= 11 is 1.16. The van der Waals surface area contributed by atoms with Crippen LogP contribution in [0, 0.1) is 13.8 Å². The molecule has 0 aromatic carbocycles. The van der Waals surface area contributed by atoms with Crippen molar-refractivity contribution in [2.24, 2.45) is 0 Å². The van der Waals surface area contributed by atoms with Crippen molar-refractivity contribution in [2.75, 3.05) is 12.4 Å². The van der Waals surface area contributed by atoms with Gasteiger partial charge in [-0.3, -0.25) is 9.89 Å². The highest BCUT2D eigenvalue weighted by Gasteiger charge is 2.18. The van der Waals surface area contributed by atoms with E-state index in [2.05, 4.69) is 24.9 Å². The average molecular weight is 309 g/mol. The van der Waals surface area contributed by atoms with Gasteiger partial charge in [0.2, 0.25) is 11.0 Å². The van der Waals surface area contributed by atoms with Crippen LogP contribution in [0.1, 0.15) is 42.0 Å². The molecule has 1 atom stereocenters. The fourth-order valence-electron chi connectivity index (χ4n) is 2.33. The minimum atomic E-state index is -0.0809. The third kappa shape index (κ3) is 3.85. The van der Waals surface area contributed by atoms with Gasteiger partial charge in [-0.25, -0.2) is 4.98 Å². The number of nitrogens with one attached hydrogen (secondary N) is 2. The molecule has 0 fully saturated rings. The normalized spacial score (nSPS) is 12.4. The van der Waals surface area contributed by atoms with Crippen molar-refractivity contribution in [2.45, 2.75) is 39.7 Å². The smallest absolute Gasteiger partial charge is 0.226 e. The van der Waals surface area contributed by atoms with Crippen LogP contribution in [0.5, 0.6) is 0 Å². The number of nitrogens with zero attached hydrogens (tertiary/aromatic N) is 3. The van der Waals surface area contributed by atoms with Crippen molar-refractivity contribution in [1.29, 1.82) is 0 Å². The van der Waals surface area contributed by atoms with E-state index in [9.17, 15) is 4.79 Å². The number of hydrogen-bond donors (Lipinski definition) is 2. The Hall–Kier alpha value is -1.80. The van der Waals surface area contributed by atoms with Gasteiger partial charge in [0.15, 0.2) is 5.82 Å². The first-order chi connectivity index (χ1) is 10.0. The lowest BCUT2D eigenvalue weighted by Crippen LogP contribution is -2.15. The van der Waals surface area contributed by atoms with Crippen LogP contribution in [0.15, 0.2) is 0 Å². The number of hydrogen-bond acceptors (Lipinski definition) is 6. The van der Waals surface area contributed by atoms with Crippen LogP contribution in [-0.2, 0) is 16.1 Å². The van der Waals surface area contributed by atoms with Gasteiger partial charge in [-0.2, -0.15) is 9.47 Å². The molecule has 0 spiro atoms. The molecule has 0 bridgehead atoms. The summed E-state index contributed by atoms with van der Waals surface area (Å²) in [7, 11) is 1.58. The van der Waals surface area contributed by atoms with Crippen molar-refractivity contribution >= 4 is 22.6 Å². The minimum absolute atomic E-state index is 0.0809. The van der Waals surface area contributed by atoms with Crippen molar-refractivity contribution in [1.82, 2.24) is 19.6 Å². The number of amides is 1. The summed E-state index contributed by atoms with van der Waals surface area (Å²) < 4.78 is 9.04. The highest BCUT2D eigenvalue weighted by atomic mass is 32.1. The van der Waals surface area contributed by atoms with Crippen molar-refractivity contribution in [3.8, 4) is 0 Å². The fraction of sp³-hybridized carbons (Fsp3) is 0.538. The molecule has 114 valence electrons. The summed E-state index contributed by atoms with van der Waals surface area (Å²) in [4.78, 5) is 16.3. The summed E-state index contributed by atoms with van der Waals surface area (Å²) in [5.41, 5.74) is 3.04. The van der Waals surface area contributed by atoms with Gasteiger partial charge in [0, 0.05) is 30.8 Å². The molecule has 2 heterocycles. The molecular formula is C13H19N5O2S. The summed E-state index contributed by atoms with van der Waals surface area (Å²) in [6.07, 6.45) is 0.375. The zero-order chi connectivity index (χ0) is 15.4. The lowest BCUT2D eigenvalue weighted by molar-refractivity contribution is -0.116. The molecule has 0 aliphatic rings. The molecule has 0 radical (unpaired) electrons. The van der Waals surface area contributed by atoms with Gasteiger partial charge < -0.3 is 10.1 Å². The lowest BCUT2D eigenvalue weighted by Gasteiger charge is -2.11. The summed E-state index contributed by atoms with van der Waals surface area (Å²) in [6, 6.07) is 0. The zero-order valence-corrected chi connectivity index (χ0v) is 13.4. The zero-order valence-electron chi connectivity index (χ0n) is 12.6. The second-order valence-corrected chi connectivity index (χ2v) is 5.70. The number of aryl methyl sites for hydroxylation is 2. The van der Waals surface area contributed by atoms with Crippen molar-refractivity contribution < 1.29 is 9.53 Å². The van der Waals surface area contributed by atoms with Crippen LogP contribution < -0.4 is 5.32 Å². The van der Waals surface area contributed by atoms with Crippen LogP contribution in [0.4, 0.5) is 5.13 Å². The first-order valence-corrected chi connectivity index (χ1v) is 7.41. The number of aromatic amines is 1. The van der Waals surface area contributed by atoms with E-state index in [1.165, 1.54) is 0 Å². The molecule has 1 unspecified atom stereocenters. The van der Waals surface area contributed by atoms with Crippen LogP contribution in [0.3, 0.4) is 0 Å². The third-order valence-electron chi connectivity index (χ3n) is 3.16. The Morgan fingerprint density at radius 3 is 2.86 bits per heavy atom. The average Bonchev–Trinajstić information content (AvgIpc) is 2.97. The monoisotopic (exact) mass is 309 g/mol. The van der Waals surface area contributed by atoms with Gasteiger partial charge in [0.05, 0.1) is 5.69 Å². The van der Waals surface area contributed by atoms with Gasteiger partial charge in [-0.05, 0) is 25.3 Å². The van der Waals surface area contributed by atoms with Crippen LogP contribution in [-0.4, -0.2) is 32.6 Å². The van der Waals surface area contributed by atoms with Crippen LogP contribution in [0.2, 0.25) is 0 Å². The molecule has 0 saturated carbocycles. The number of carbonyl (C=O) groups excluding carboxylic acids is 1. The number of rotatable bonds is 6. The second-order valence-electron chi connectivity index (χ2n) is 4.95. The Kier molecular flexibility index (Phi) is 5.03. The standard InChI is InChI=1S/C13H19N5O2S/c1-7(12-8(2)16-17-9(12)3)5-11(19)15-13-14-10(6-20-4)18-21-13/h7H,5-6H2,1-4H3,(H,16,17)(H,14,15,18,19). The molecule has 7 nitrogen and oxygen atoms in total. The van der Waals surface area contributed by atoms with Crippen molar-refractivity contribution in [3.63, 3.8) is 0 Å². The van der Waals surface area contributed by atoms with E-state index in [4.69, 9.17) is 4.74 Å². The van der Waals surface area contributed by atoms with Crippen LogP contribution >= 0.6 is 11.5 Å². The molecule has 0 saturated heterocycles. The Morgan fingerprint density at radius 2 is 2.24 bits per heavy atom. The molecule has 0 aliphatic carbocycles. The number of H-pyrrole nitrogens is 1. The van der Waals surface area contributed by atoms with E-state index < -0.39 is 0 Å². The first kappa shape index (κ1) is 15.6. The van der Waals surface area contributed by atoms with Crippen LogP contribution in [0.25, 0.3) is 0 Å². The lowest BCUT2D eigenvalue weighted by atomic mass is 9.96. The molecule has 21 heavy (non-hydrogen) atoms. The van der Waals surface area contributed by atoms with Gasteiger partial charge in [0.25, 0.3) is 0 Å². The van der Waals surface area contributed by atoms with Gasteiger partial charge in [-0.15, -0.1) is 0 Å². The molecule has 8 heteroatoms. The van der Waals surface area contributed by atoms with Gasteiger partial charge >= 0.3 is 0 Å². The Bertz CT molecular complexity index is 602. The van der Waals surface area contributed by atoms with E-state index >= 15 is 0 Å². The minimum Gasteiger partial charge on any atom is -0.377 e. The number of aromatic nitrogens is 4. The van der Waals surface area contributed by atoms with Gasteiger partial charge in [0.1, 0.15) is 6.61 Å². The van der Waals surface area contributed by atoms with E-state index in [0.717, 1.165) is 28.5 Å². The van der Waals surface area contributed by atoms with E-state index in [1.54, 1.807) is 7.11 Å². The van der Waals surface area contributed by atoms with E-state index in [0.29, 0.717) is 24.0 Å². The molecule has 2 rings (SSSR count). The Balaban J connectivity index is 1.95. The first-order valence-electron chi connectivity index (χ1n) is 6.64. The highest BCUT2D eigenvalue weighted by Crippen LogP contribution is 2.25. The maximum Gasteiger partial charge on any atom is 0.226 e. The molecule has 0 aliphatic heterocycles.